The zero-order valence-corrected chi connectivity index (χ0v) is 21.8. The van der Waals surface area contributed by atoms with E-state index >= 15 is 0 Å². The maximum absolute atomic E-state index is 2.61. The second-order valence-corrected chi connectivity index (χ2v) is 15.7. The van der Waals surface area contributed by atoms with Gasteiger partial charge < -0.3 is 0 Å². The topological polar surface area (TPSA) is 0 Å². The molecule has 9 saturated carbocycles. The van der Waals surface area contributed by atoms with Crippen molar-refractivity contribution in [2.45, 2.75) is 118 Å². The Hall–Kier alpha value is 0.0649. The van der Waals surface area contributed by atoms with Gasteiger partial charge in [0.1, 0.15) is 6.71 Å². The van der Waals surface area contributed by atoms with E-state index in [4.69, 9.17) is 0 Å². The van der Waals surface area contributed by atoms with E-state index in [9.17, 15) is 0 Å². The van der Waals surface area contributed by atoms with Gasteiger partial charge in [-0.25, -0.2) is 0 Å². The second kappa shape index (κ2) is 7.04. The van der Waals surface area contributed by atoms with E-state index in [1.165, 1.54) is 0 Å². The lowest BCUT2D eigenvalue weighted by molar-refractivity contribution is -0.104. The van der Waals surface area contributed by atoms with Gasteiger partial charge in [-0.2, -0.15) is 0 Å². The van der Waals surface area contributed by atoms with E-state index in [1.54, 1.807) is 76.7 Å². The third-order valence-electron chi connectivity index (χ3n) is 13.9. The molecule has 0 amide bonds. The van der Waals surface area contributed by atoms with Crippen molar-refractivity contribution in [3.63, 3.8) is 0 Å². The molecule has 0 saturated heterocycles. The Bertz CT molecular complexity index is 602. The number of hydrogen-bond acceptors (Lipinski definition) is 0. The van der Waals surface area contributed by atoms with Crippen LogP contribution in [0, 0.1) is 69.5 Å². The van der Waals surface area contributed by atoms with E-state index in [0.717, 1.165) is 60.0 Å². The Labute approximate surface area is 194 Å². The van der Waals surface area contributed by atoms with Crippen LogP contribution in [0.25, 0.3) is 0 Å². The zero-order valence-electron chi connectivity index (χ0n) is 21.8. The molecule has 31 heavy (non-hydrogen) atoms. The first-order valence-corrected chi connectivity index (χ1v) is 14.6. The molecule has 0 unspecified atom stereocenters. The summed E-state index contributed by atoms with van der Waals surface area (Å²) in [5, 5.41) is 0. The van der Waals surface area contributed by atoms with Crippen LogP contribution in [-0.2, 0) is 0 Å². The lowest BCUT2D eigenvalue weighted by Gasteiger charge is -2.62. The van der Waals surface area contributed by atoms with Crippen LogP contribution in [0.4, 0.5) is 0 Å². The first-order chi connectivity index (χ1) is 14.6. The third-order valence-corrected chi connectivity index (χ3v) is 13.9. The predicted octanol–water partition coefficient (Wildman–Crippen LogP) is 8.70. The summed E-state index contributed by atoms with van der Waals surface area (Å²) in [5.74, 6) is 9.52. The molecule has 9 fully saturated rings. The fourth-order valence-corrected chi connectivity index (χ4v) is 11.3. The molecule has 1 heteroatoms. The van der Waals surface area contributed by atoms with Crippen molar-refractivity contribution in [3.8, 4) is 0 Å². The molecule has 0 heterocycles. The monoisotopic (exact) mass is 422 g/mol. The van der Waals surface area contributed by atoms with Crippen molar-refractivity contribution < 1.29 is 0 Å². The van der Waals surface area contributed by atoms with Gasteiger partial charge >= 0.3 is 0 Å². The molecule has 9 rings (SSSR count). The van der Waals surface area contributed by atoms with Gasteiger partial charge in [-0.05, 0) is 108 Å². The minimum Gasteiger partial charge on any atom is -0.0710 e. The summed E-state index contributed by atoms with van der Waals surface area (Å²) in [6.07, 6.45) is 18.9. The lowest BCUT2D eigenvalue weighted by Crippen LogP contribution is -2.55. The van der Waals surface area contributed by atoms with Crippen LogP contribution in [0.5, 0.6) is 0 Å². The summed E-state index contributed by atoms with van der Waals surface area (Å²) in [4.78, 5) is 0. The average Bonchev–Trinajstić information content (AvgIpc) is 2.73. The fraction of sp³-hybridized carbons (Fsp3) is 1.00. The molecule has 0 N–H and O–H groups in total. The maximum atomic E-state index is 2.61. The molecule has 0 aromatic heterocycles. The van der Waals surface area contributed by atoms with Crippen LogP contribution in [0.3, 0.4) is 0 Å². The van der Waals surface area contributed by atoms with E-state index in [2.05, 4.69) is 41.5 Å². The zero-order chi connectivity index (χ0) is 21.8. The van der Waals surface area contributed by atoms with Gasteiger partial charge in [0.2, 0.25) is 0 Å². The molecule has 6 bridgehead atoms. The second-order valence-electron chi connectivity index (χ2n) is 15.7. The SMILES string of the molecule is CC1(C)[C@H]2CC[C@@H](CB(C[C@@H]3CC[C@H]4C[C@@H]3C4(C)C)C[C@@H]3CC[C@H]4C[C@@H]3C4(C)C)[C@@H]1C2. The summed E-state index contributed by atoms with van der Waals surface area (Å²) in [5.41, 5.74) is 1.99. The highest BCUT2D eigenvalue weighted by molar-refractivity contribution is 6.59. The summed E-state index contributed by atoms with van der Waals surface area (Å²) < 4.78 is 0. The molecule has 0 aliphatic heterocycles. The van der Waals surface area contributed by atoms with E-state index < -0.39 is 0 Å². The minimum atomic E-state index is 0.662. The van der Waals surface area contributed by atoms with Crippen molar-refractivity contribution >= 4 is 6.71 Å². The highest BCUT2D eigenvalue weighted by Crippen LogP contribution is 2.66. The molecule has 174 valence electrons. The Morgan fingerprint density at radius 1 is 0.484 bits per heavy atom. The molecule has 0 aromatic rings. The molecule has 9 aliphatic rings. The van der Waals surface area contributed by atoms with Crippen molar-refractivity contribution in [3.05, 3.63) is 0 Å². The first kappa shape index (κ1) is 21.6. The Morgan fingerprint density at radius 3 is 1.00 bits per heavy atom. The minimum absolute atomic E-state index is 0.662. The number of rotatable bonds is 6. The molecule has 0 aromatic carbocycles. The van der Waals surface area contributed by atoms with Gasteiger partial charge in [-0.3, -0.25) is 0 Å². The summed E-state index contributed by atoms with van der Waals surface area (Å²) in [6.45, 7) is 16.7. The smallest absolute Gasteiger partial charge is 0.0710 e. The van der Waals surface area contributed by atoms with Crippen LogP contribution in [0.1, 0.15) is 99.3 Å². The van der Waals surface area contributed by atoms with Gasteiger partial charge in [0.15, 0.2) is 0 Å². The summed E-state index contributed by atoms with van der Waals surface area (Å²) in [7, 11) is 0. The number of fused-ring (bicyclic) bond motifs is 6. The number of hydrogen-bond donors (Lipinski definition) is 0. The average molecular weight is 423 g/mol. The molecule has 0 radical (unpaired) electrons. The molecular formula is C30H51B. The van der Waals surface area contributed by atoms with Crippen molar-refractivity contribution in [1.29, 1.82) is 0 Å². The van der Waals surface area contributed by atoms with Crippen molar-refractivity contribution in [1.82, 2.24) is 0 Å². The van der Waals surface area contributed by atoms with Gasteiger partial charge in [0.05, 0.1) is 0 Å². The Morgan fingerprint density at radius 2 is 0.774 bits per heavy atom. The normalized spacial score (nSPS) is 49.9. The first-order valence-electron chi connectivity index (χ1n) is 14.6. The predicted molar refractivity (Wildman–Crippen MR) is 134 cm³/mol. The van der Waals surface area contributed by atoms with Crippen molar-refractivity contribution in [2.75, 3.05) is 0 Å². The lowest BCUT2D eigenvalue weighted by atomic mass is 9.30. The fourth-order valence-electron chi connectivity index (χ4n) is 11.3. The molecule has 0 nitrogen and oxygen atoms in total. The van der Waals surface area contributed by atoms with Crippen LogP contribution in [-0.4, -0.2) is 6.71 Å². The van der Waals surface area contributed by atoms with Gasteiger partial charge in [0.25, 0.3) is 0 Å². The highest BCUT2D eigenvalue weighted by Gasteiger charge is 2.58. The third kappa shape index (κ3) is 3.12. The van der Waals surface area contributed by atoms with E-state index in [0.29, 0.717) is 16.2 Å². The Kier molecular flexibility index (Phi) is 4.90. The van der Waals surface area contributed by atoms with Crippen LogP contribution in [0.15, 0.2) is 0 Å². The van der Waals surface area contributed by atoms with Crippen LogP contribution < -0.4 is 0 Å². The van der Waals surface area contributed by atoms with Crippen LogP contribution >= 0.6 is 0 Å². The molecule has 9 atom stereocenters. The van der Waals surface area contributed by atoms with Gasteiger partial charge in [-0.15, -0.1) is 0 Å². The van der Waals surface area contributed by atoms with Crippen LogP contribution in [0.2, 0.25) is 19.0 Å². The van der Waals surface area contributed by atoms with E-state index in [-0.39, 0.29) is 0 Å². The van der Waals surface area contributed by atoms with Gasteiger partial charge in [-0.1, -0.05) is 79.8 Å². The van der Waals surface area contributed by atoms with Crippen molar-refractivity contribution in [2.24, 2.45) is 69.5 Å². The highest BCUT2D eigenvalue weighted by atomic mass is 14.6. The standard InChI is InChI=1S/C30H51B/c1-28(2)22-10-7-19(25(28)13-22)16-31(17-20-8-11-23-14-26(20)29(23,3)4)18-21-9-12-24-15-27(21)30(24,5)6/h19-27H,7-18H2,1-6H3/t19-,20-,21-,22-,23-,24-,25-,26-,27-/m0/s1. The molecular weight excluding hydrogens is 371 g/mol. The quantitative estimate of drug-likeness (QED) is 0.376. The Balaban J connectivity index is 1.18. The summed E-state index contributed by atoms with van der Waals surface area (Å²) >= 11 is 0. The molecule has 9 aliphatic carbocycles. The summed E-state index contributed by atoms with van der Waals surface area (Å²) in [6, 6.07) is 0. The largest absolute Gasteiger partial charge is 0.140 e. The van der Waals surface area contributed by atoms with Gasteiger partial charge in [0, 0.05) is 0 Å². The van der Waals surface area contributed by atoms with E-state index in [1.807, 2.05) is 0 Å². The molecule has 0 spiro atoms. The maximum Gasteiger partial charge on any atom is 0.140 e.